The summed E-state index contributed by atoms with van der Waals surface area (Å²) in [6.07, 6.45) is 8.18. The van der Waals surface area contributed by atoms with Crippen LogP contribution in [0.1, 0.15) is 21.7 Å². The lowest BCUT2D eigenvalue weighted by molar-refractivity contribution is 0.112. The number of carbonyl (C=O) groups excluding carboxylic acids is 1. The third-order valence-corrected chi connectivity index (χ3v) is 5.91. The molecule has 0 saturated carbocycles. The van der Waals surface area contributed by atoms with Crippen LogP contribution in [0.15, 0.2) is 66.1 Å². The minimum Gasteiger partial charge on any atom is -0.379 e. The number of fused-ring (bicyclic) bond motifs is 2. The molecular weight excluding hydrogens is 384 g/mol. The summed E-state index contributed by atoms with van der Waals surface area (Å²) in [5, 5.41) is 0. The molecule has 1 aromatic carbocycles. The van der Waals surface area contributed by atoms with Crippen LogP contribution >= 0.6 is 11.3 Å². The lowest BCUT2D eigenvalue weighted by atomic mass is 10.00. The van der Waals surface area contributed by atoms with E-state index in [4.69, 9.17) is 5.73 Å². The van der Waals surface area contributed by atoms with E-state index < -0.39 is 5.56 Å². The van der Waals surface area contributed by atoms with Gasteiger partial charge in [-0.2, -0.15) is 0 Å². The van der Waals surface area contributed by atoms with Crippen molar-refractivity contribution in [2.24, 2.45) is 0 Å². The van der Waals surface area contributed by atoms with Crippen molar-refractivity contribution in [2.75, 3.05) is 17.2 Å². The Balaban J connectivity index is 1.96. The van der Waals surface area contributed by atoms with Gasteiger partial charge in [0.25, 0.3) is 5.56 Å². The first-order valence-electron chi connectivity index (χ1n) is 9.20. The van der Waals surface area contributed by atoms with Gasteiger partial charge >= 0.3 is 0 Å². The summed E-state index contributed by atoms with van der Waals surface area (Å²) >= 11 is 1.21. The number of thiophene rings is 1. The normalized spacial score (nSPS) is 13.9. The summed E-state index contributed by atoms with van der Waals surface area (Å²) in [6, 6.07) is 7.59. The van der Waals surface area contributed by atoms with Gasteiger partial charge in [-0.05, 0) is 48.8 Å². The van der Waals surface area contributed by atoms with Crippen LogP contribution in [0.2, 0.25) is 0 Å². The molecule has 0 unspecified atom stereocenters. The van der Waals surface area contributed by atoms with Crippen molar-refractivity contribution >= 4 is 39.5 Å². The first kappa shape index (κ1) is 18.9. The number of anilines is 2. The fourth-order valence-electron chi connectivity index (χ4n) is 3.68. The molecule has 29 heavy (non-hydrogen) atoms. The van der Waals surface area contributed by atoms with Crippen LogP contribution < -0.4 is 16.2 Å². The monoisotopic (exact) mass is 404 g/mol. The topological polar surface area (TPSA) is 81.2 Å². The van der Waals surface area contributed by atoms with E-state index in [0.29, 0.717) is 20.9 Å². The number of rotatable bonds is 5. The largest absolute Gasteiger partial charge is 0.379 e. The van der Waals surface area contributed by atoms with Gasteiger partial charge in [0.1, 0.15) is 4.83 Å². The molecule has 3 aromatic rings. The molecule has 0 fully saturated rings. The Hall–Kier alpha value is -3.45. The smallest absolute Gasteiger partial charge is 0.298 e. The average molecular weight is 404 g/mol. The summed E-state index contributed by atoms with van der Waals surface area (Å²) in [5.41, 5.74) is 9.89. The molecule has 6 nitrogen and oxygen atoms in total. The molecule has 0 saturated heterocycles. The highest BCUT2D eigenvalue weighted by atomic mass is 32.1. The zero-order valence-electron chi connectivity index (χ0n) is 15.8. The number of aryl methyl sites for hydroxylation is 1. The molecule has 0 spiro atoms. The minimum atomic E-state index is -0.402. The Kier molecular flexibility index (Phi) is 4.90. The first-order chi connectivity index (χ1) is 14.1. The van der Waals surface area contributed by atoms with Gasteiger partial charge in [-0.3, -0.25) is 14.2 Å². The second kappa shape index (κ2) is 7.52. The number of benzene rings is 1. The molecule has 0 radical (unpaired) electrons. The summed E-state index contributed by atoms with van der Waals surface area (Å²) in [5.74, 6) is -0.0929. The van der Waals surface area contributed by atoms with E-state index in [9.17, 15) is 9.59 Å². The van der Waals surface area contributed by atoms with Crippen LogP contribution in [0.3, 0.4) is 0 Å². The van der Waals surface area contributed by atoms with Crippen molar-refractivity contribution in [1.82, 2.24) is 9.55 Å². The highest BCUT2D eigenvalue weighted by Crippen LogP contribution is 2.33. The second-order valence-electron chi connectivity index (χ2n) is 6.69. The average Bonchev–Trinajstić information content (AvgIpc) is 3.14. The van der Waals surface area contributed by atoms with Crippen molar-refractivity contribution in [3.63, 3.8) is 0 Å². The third-order valence-electron chi connectivity index (χ3n) is 4.97. The Morgan fingerprint density at radius 2 is 2.10 bits per heavy atom. The van der Waals surface area contributed by atoms with Gasteiger partial charge in [0.05, 0.1) is 16.1 Å². The SMILES string of the molecule is C=C/C=C(\C=C)N1CCCc2ccc(-n3c(=O)c(N)nc4sc(C=O)cc43)cc21. The van der Waals surface area contributed by atoms with Crippen molar-refractivity contribution < 1.29 is 4.79 Å². The van der Waals surface area contributed by atoms with E-state index in [2.05, 4.69) is 23.0 Å². The minimum absolute atomic E-state index is 0.0929. The molecule has 2 aromatic heterocycles. The summed E-state index contributed by atoms with van der Waals surface area (Å²) in [4.78, 5) is 31.5. The molecule has 2 N–H and O–H groups in total. The molecule has 0 atom stereocenters. The maximum Gasteiger partial charge on any atom is 0.298 e. The van der Waals surface area contributed by atoms with Gasteiger partial charge in [-0.15, -0.1) is 11.3 Å². The number of nitrogens with two attached hydrogens (primary N) is 1. The number of aromatic nitrogens is 2. The predicted octanol–water partition coefficient (Wildman–Crippen LogP) is 3.85. The quantitative estimate of drug-likeness (QED) is 0.516. The summed E-state index contributed by atoms with van der Waals surface area (Å²) in [7, 11) is 0. The Bertz CT molecular complexity index is 1240. The molecule has 1 aliphatic rings. The molecule has 0 bridgehead atoms. The van der Waals surface area contributed by atoms with Gasteiger partial charge < -0.3 is 10.6 Å². The zero-order valence-corrected chi connectivity index (χ0v) is 16.6. The van der Waals surface area contributed by atoms with Crippen LogP contribution in [0.4, 0.5) is 11.5 Å². The molecular formula is C22H20N4O2S. The number of hydrogen-bond acceptors (Lipinski definition) is 6. The maximum absolute atomic E-state index is 12.9. The number of hydrogen-bond donors (Lipinski definition) is 1. The van der Waals surface area contributed by atoms with Crippen LogP contribution in [-0.4, -0.2) is 22.4 Å². The van der Waals surface area contributed by atoms with E-state index in [1.165, 1.54) is 21.5 Å². The zero-order chi connectivity index (χ0) is 20.5. The van der Waals surface area contributed by atoms with E-state index in [1.54, 1.807) is 18.2 Å². The van der Waals surface area contributed by atoms with Gasteiger partial charge in [0.15, 0.2) is 12.1 Å². The molecule has 0 amide bonds. The number of nitrogen functional groups attached to an aromatic ring is 1. The number of nitrogens with zero attached hydrogens (tertiary/aromatic N) is 3. The second-order valence-corrected chi connectivity index (χ2v) is 7.76. The fourth-order valence-corrected chi connectivity index (χ4v) is 4.53. The third kappa shape index (κ3) is 3.19. The molecule has 1 aliphatic heterocycles. The van der Waals surface area contributed by atoms with E-state index in [1.807, 2.05) is 24.3 Å². The summed E-state index contributed by atoms with van der Waals surface area (Å²) < 4.78 is 1.53. The van der Waals surface area contributed by atoms with E-state index in [0.717, 1.165) is 37.1 Å². The van der Waals surface area contributed by atoms with Crippen molar-refractivity contribution in [2.45, 2.75) is 12.8 Å². The van der Waals surface area contributed by atoms with Crippen molar-refractivity contribution in [1.29, 1.82) is 0 Å². The van der Waals surface area contributed by atoms with Crippen LogP contribution in [0.5, 0.6) is 0 Å². The van der Waals surface area contributed by atoms with Crippen LogP contribution in [-0.2, 0) is 6.42 Å². The van der Waals surface area contributed by atoms with Gasteiger partial charge in [0, 0.05) is 17.9 Å². The Labute approximate surface area is 171 Å². The Morgan fingerprint density at radius 3 is 2.83 bits per heavy atom. The Morgan fingerprint density at radius 1 is 1.28 bits per heavy atom. The van der Waals surface area contributed by atoms with Crippen molar-refractivity contribution in [3.05, 3.63) is 82.1 Å². The van der Waals surface area contributed by atoms with E-state index in [-0.39, 0.29) is 5.82 Å². The number of allylic oxidation sites excluding steroid dienone is 3. The maximum atomic E-state index is 12.9. The molecule has 7 heteroatoms. The fraction of sp³-hybridized carbons (Fsp3) is 0.136. The van der Waals surface area contributed by atoms with Crippen molar-refractivity contribution in [3.8, 4) is 5.69 Å². The predicted molar refractivity (Wildman–Crippen MR) is 119 cm³/mol. The number of aldehydes is 1. The lowest BCUT2D eigenvalue weighted by Gasteiger charge is -2.32. The molecule has 4 rings (SSSR count). The van der Waals surface area contributed by atoms with Gasteiger partial charge in [-0.1, -0.05) is 25.3 Å². The lowest BCUT2D eigenvalue weighted by Crippen LogP contribution is -2.29. The van der Waals surface area contributed by atoms with Crippen LogP contribution in [0.25, 0.3) is 16.0 Å². The highest BCUT2D eigenvalue weighted by molar-refractivity contribution is 7.20. The van der Waals surface area contributed by atoms with Gasteiger partial charge in [-0.25, -0.2) is 4.98 Å². The molecule has 146 valence electrons. The molecule has 0 aliphatic carbocycles. The van der Waals surface area contributed by atoms with E-state index >= 15 is 0 Å². The number of carbonyl (C=O) groups is 1. The molecule has 3 heterocycles. The standard InChI is InChI=1S/C22H20N4O2S/c1-3-6-15(4-2)25-10-5-7-14-8-9-16(11-18(14)25)26-19-12-17(13-27)29-21(19)24-20(23)22(26)28/h3-4,6,8-9,11-13H,1-2,5,7,10H2,(H2,23,24)/b15-6+. The van der Waals surface area contributed by atoms with Gasteiger partial charge in [0.2, 0.25) is 0 Å². The highest BCUT2D eigenvalue weighted by Gasteiger charge is 2.21. The summed E-state index contributed by atoms with van der Waals surface area (Å²) in [6.45, 7) is 8.55. The first-order valence-corrected chi connectivity index (χ1v) is 10.0. The van der Waals surface area contributed by atoms with Crippen LogP contribution in [0, 0.1) is 0 Å².